The van der Waals surface area contributed by atoms with E-state index in [0.717, 1.165) is 5.56 Å². The average molecular weight is 298 g/mol. The number of nitrogens with one attached hydrogen (secondary N) is 2. The highest BCUT2D eigenvalue weighted by atomic mass is 19.1. The zero-order valence-electron chi connectivity index (χ0n) is 12.2. The molecular weight excluding hydrogens is 283 g/mol. The summed E-state index contributed by atoms with van der Waals surface area (Å²) in [6.07, 6.45) is 0. The first-order valence-corrected chi connectivity index (χ1v) is 6.91. The Bertz CT molecular complexity index is 784. The number of fused-ring (bicyclic) bond motifs is 1. The van der Waals surface area contributed by atoms with E-state index in [1.54, 1.807) is 24.3 Å². The number of carbonyl (C=O) groups is 2. The zero-order chi connectivity index (χ0) is 15.9. The molecule has 1 aliphatic rings. The number of carbonyl (C=O) groups excluding carboxylic acids is 2. The number of hydrogen-bond acceptors (Lipinski definition) is 2. The first-order chi connectivity index (χ1) is 10.4. The maximum absolute atomic E-state index is 13.1. The molecule has 0 spiro atoms. The topological polar surface area (TPSA) is 58.2 Å². The average Bonchev–Trinajstić information content (AvgIpc) is 2.68. The van der Waals surface area contributed by atoms with Gasteiger partial charge in [-0.2, -0.15) is 0 Å². The molecule has 0 atom stereocenters. The van der Waals surface area contributed by atoms with Crippen LogP contribution in [0.2, 0.25) is 0 Å². The Morgan fingerprint density at radius 2 is 1.95 bits per heavy atom. The summed E-state index contributed by atoms with van der Waals surface area (Å²) in [6, 6.07) is 10.8. The van der Waals surface area contributed by atoms with Gasteiger partial charge < -0.3 is 10.6 Å². The van der Waals surface area contributed by atoms with Crippen molar-refractivity contribution in [3.05, 3.63) is 59.4 Å². The lowest BCUT2D eigenvalue weighted by atomic mass is 9.86. The second kappa shape index (κ2) is 4.94. The third-order valence-corrected chi connectivity index (χ3v) is 3.85. The van der Waals surface area contributed by atoms with E-state index >= 15 is 0 Å². The summed E-state index contributed by atoms with van der Waals surface area (Å²) in [6.45, 7) is 3.67. The maximum Gasteiger partial charge on any atom is 0.255 e. The molecule has 0 saturated carbocycles. The van der Waals surface area contributed by atoms with Gasteiger partial charge in [-0.3, -0.25) is 9.59 Å². The summed E-state index contributed by atoms with van der Waals surface area (Å²) in [5.74, 6) is -0.863. The van der Waals surface area contributed by atoms with E-state index in [-0.39, 0.29) is 11.8 Å². The number of anilines is 2. The Hall–Kier alpha value is -2.69. The molecule has 4 nitrogen and oxygen atoms in total. The lowest BCUT2D eigenvalue weighted by molar-refractivity contribution is -0.119. The first kappa shape index (κ1) is 14.3. The van der Waals surface area contributed by atoms with Gasteiger partial charge in [0.1, 0.15) is 5.82 Å². The molecule has 112 valence electrons. The van der Waals surface area contributed by atoms with E-state index in [1.165, 1.54) is 18.2 Å². The van der Waals surface area contributed by atoms with Crippen LogP contribution in [0.25, 0.3) is 0 Å². The van der Waals surface area contributed by atoms with Crippen LogP contribution in [0.15, 0.2) is 42.5 Å². The standard InChI is InChI=1S/C17H15FN2O2/c1-17(2)13-7-6-10(8-14(13)20-16(17)22)15(21)19-12-5-3-4-11(18)9-12/h3-9H,1-2H3,(H,19,21)(H,20,22). The molecule has 0 bridgehead atoms. The lowest BCUT2D eigenvalue weighted by Gasteiger charge is -2.15. The molecule has 1 aliphatic heterocycles. The molecule has 2 aromatic carbocycles. The van der Waals surface area contributed by atoms with Crippen molar-refractivity contribution in [2.24, 2.45) is 0 Å². The van der Waals surface area contributed by atoms with Gasteiger partial charge in [0.25, 0.3) is 5.91 Å². The summed E-state index contributed by atoms with van der Waals surface area (Å²) in [5, 5.41) is 5.41. The van der Waals surface area contributed by atoms with E-state index in [0.29, 0.717) is 16.9 Å². The number of rotatable bonds is 2. The van der Waals surface area contributed by atoms with Crippen LogP contribution in [0, 0.1) is 5.82 Å². The molecule has 3 rings (SSSR count). The Kier molecular flexibility index (Phi) is 3.20. The van der Waals surface area contributed by atoms with Crippen LogP contribution in [0.5, 0.6) is 0 Å². The van der Waals surface area contributed by atoms with Gasteiger partial charge >= 0.3 is 0 Å². The molecular formula is C17H15FN2O2. The third-order valence-electron chi connectivity index (χ3n) is 3.85. The normalized spacial score (nSPS) is 15.1. The molecule has 0 radical (unpaired) electrons. The summed E-state index contributed by atoms with van der Waals surface area (Å²) >= 11 is 0. The van der Waals surface area contributed by atoms with Crippen LogP contribution < -0.4 is 10.6 Å². The van der Waals surface area contributed by atoms with Gasteiger partial charge in [0.05, 0.1) is 5.41 Å². The van der Waals surface area contributed by atoms with Crippen LogP contribution in [0.4, 0.5) is 15.8 Å². The van der Waals surface area contributed by atoms with Crippen LogP contribution >= 0.6 is 0 Å². The van der Waals surface area contributed by atoms with Crippen LogP contribution in [-0.4, -0.2) is 11.8 Å². The fraction of sp³-hybridized carbons (Fsp3) is 0.176. The Morgan fingerprint density at radius 1 is 1.18 bits per heavy atom. The van der Waals surface area contributed by atoms with E-state index in [9.17, 15) is 14.0 Å². The van der Waals surface area contributed by atoms with Crippen LogP contribution in [0.3, 0.4) is 0 Å². The Morgan fingerprint density at radius 3 is 2.68 bits per heavy atom. The zero-order valence-corrected chi connectivity index (χ0v) is 12.2. The third kappa shape index (κ3) is 2.35. The second-order valence-corrected chi connectivity index (χ2v) is 5.80. The van der Waals surface area contributed by atoms with Crippen LogP contribution in [0.1, 0.15) is 29.8 Å². The van der Waals surface area contributed by atoms with Gasteiger partial charge in [-0.15, -0.1) is 0 Å². The van der Waals surface area contributed by atoms with Crippen molar-refractivity contribution in [3.8, 4) is 0 Å². The number of hydrogen-bond donors (Lipinski definition) is 2. The first-order valence-electron chi connectivity index (χ1n) is 6.91. The van der Waals surface area contributed by atoms with Gasteiger partial charge in [0.2, 0.25) is 5.91 Å². The highest BCUT2D eigenvalue weighted by molar-refractivity contribution is 6.09. The van der Waals surface area contributed by atoms with Gasteiger partial charge in [0, 0.05) is 16.9 Å². The molecule has 2 amide bonds. The molecule has 2 N–H and O–H groups in total. The molecule has 22 heavy (non-hydrogen) atoms. The van der Waals surface area contributed by atoms with Gasteiger partial charge in [-0.05, 0) is 49.7 Å². The van der Waals surface area contributed by atoms with E-state index in [4.69, 9.17) is 0 Å². The molecule has 1 heterocycles. The summed E-state index contributed by atoms with van der Waals surface area (Å²) in [5.41, 5.74) is 1.69. The molecule has 0 saturated heterocycles. The minimum atomic E-state index is -0.604. The van der Waals surface area contributed by atoms with Gasteiger partial charge in [-0.25, -0.2) is 4.39 Å². The lowest BCUT2D eigenvalue weighted by Crippen LogP contribution is -2.26. The molecule has 0 aliphatic carbocycles. The molecule has 0 aromatic heterocycles. The van der Waals surface area contributed by atoms with Crippen molar-refractivity contribution in [3.63, 3.8) is 0 Å². The van der Waals surface area contributed by atoms with Crippen molar-refractivity contribution in [1.29, 1.82) is 0 Å². The number of amides is 2. The predicted molar refractivity (Wildman–Crippen MR) is 82.5 cm³/mol. The van der Waals surface area contributed by atoms with Crippen LogP contribution in [-0.2, 0) is 10.2 Å². The SMILES string of the molecule is CC1(C)C(=O)Nc2cc(C(=O)Nc3cccc(F)c3)ccc21. The highest BCUT2D eigenvalue weighted by Gasteiger charge is 2.38. The molecule has 0 unspecified atom stereocenters. The van der Waals surface area contributed by atoms with Crippen molar-refractivity contribution in [1.82, 2.24) is 0 Å². The predicted octanol–water partition coefficient (Wildman–Crippen LogP) is 3.31. The Balaban J connectivity index is 1.86. The van der Waals surface area contributed by atoms with Gasteiger partial charge in [-0.1, -0.05) is 12.1 Å². The van der Waals surface area contributed by atoms with Crippen molar-refractivity contribution >= 4 is 23.2 Å². The van der Waals surface area contributed by atoms with Crippen molar-refractivity contribution in [2.75, 3.05) is 10.6 Å². The van der Waals surface area contributed by atoms with Crippen molar-refractivity contribution in [2.45, 2.75) is 19.3 Å². The molecule has 0 fully saturated rings. The van der Waals surface area contributed by atoms with Gasteiger partial charge in [0.15, 0.2) is 0 Å². The fourth-order valence-electron chi connectivity index (χ4n) is 2.50. The largest absolute Gasteiger partial charge is 0.325 e. The van der Waals surface area contributed by atoms with Crippen molar-refractivity contribution < 1.29 is 14.0 Å². The second-order valence-electron chi connectivity index (χ2n) is 5.80. The monoisotopic (exact) mass is 298 g/mol. The maximum atomic E-state index is 13.1. The summed E-state index contributed by atoms with van der Waals surface area (Å²) in [4.78, 5) is 24.1. The summed E-state index contributed by atoms with van der Waals surface area (Å²) < 4.78 is 13.1. The summed E-state index contributed by atoms with van der Waals surface area (Å²) in [7, 11) is 0. The molecule has 2 aromatic rings. The minimum Gasteiger partial charge on any atom is -0.325 e. The number of benzene rings is 2. The Labute approximate surface area is 127 Å². The molecule has 5 heteroatoms. The highest BCUT2D eigenvalue weighted by Crippen LogP contribution is 2.37. The smallest absolute Gasteiger partial charge is 0.255 e. The van der Waals surface area contributed by atoms with E-state index in [2.05, 4.69) is 10.6 Å². The quantitative estimate of drug-likeness (QED) is 0.893. The fourth-order valence-corrected chi connectivity index (χ4v) is 2.50. The number of halogens is 1. The minimum absolute atomic E-state index is 0.0924. The van der Waals surface area contributed by atoms with E-state index in [1.807, 2.05) is 13.8 Å². The van der Waals surface area contributed by atoms with E-state index < -0.39 is 11.2 Å².